The second-order valence-electron chi connectivity index (χ2n) is 3.84. The fraction of sp³-hybridized carbons (Fsp3) is 0.500. The number of anilines is 2. The van der Waals surface area contributed by atoms with Gasteiger partial charge in [-0.1, -0.05) is 13.8 Å². The van der Waals surface area contributed by atoms with E-state index in [1.165, 1.54) is 5.56 Å². The quantitative estimate of drug-likeness (QED) is 0.635. The molecule has 1 atom stereocenters. The topological polar surface area (TPSA) is 52.0 Å². The molecule has 4 N–H and O–H groups in total. The van der Waals surface area contributed by atoms with Crippen molar-refractivity contribution in [3.63, 3.8) is 0 Å². The lowest BCUT2D eigenvalue weighted by Crippen LogP contribution is -2.04. The van der Waals surface area contributed by atoms with Crippen molar-refractivity contribution in [3.8, 4) is 0 Å². The van der Waals surface area contributed by atoms with E-state index in [1.807, 2.05) is 12.5 Å². The van der Waals surface area contributed by atoms with Crippen LogP contribution in [0, 0.1) is 0 Å². The van der Waals surface area contributed by atoms with E-state index in [9.17, 15) is 0 Å². The Bertz CT molecular complexity index is 378. The normalized spacial score (nSPS) is 12.8. The van der Waals surface area contributed by atoms with Crippen LogP contribution in [-0.4, -0.2) is 12.5 Å². The van der Waals surface area contributed by atoms with Crippen LogP contribution in [-0.2, 0) is 0 Å². The summed E-state index contributed by atoms with van der Waals surface area (Å²) in [6.07, 6.45) is 5.16. The van der Waals surface area contributed by atoms with Crippen molar-refractivity contribution in [1.29, 1.82) is 0 Å². The number of hydrogen-bond donors (Lipinski definition) is 2. The summed E-state index contributed by atoms with van der Waals surface area (Å²) < 4.78 is 0. The first-order valence-electron chi connectivity index (χ1n) is 5.36. The first-order valence-corrected chi connectivity index (χ1v) is 7.81. The largest absolute Gasteiger partial charge is 0.398 e. The van der Waals surface area contributed by atoms with Crippen LogP contribution < -0.4 is 11.5 Å². The SMILES string of the molecule is CCC(C)c1cc(SC)c(N)c(SC)c1N. The van der Waals surface area contributed by atoms with Crippen molar-refractivity contribution in [2.45, 2.75) is 36.0 Å². The maximum absolute atomic E-state index is 6.18. The zero-order valence-electron chi connectivity index (χ0n) is 10.3. The molecule has 1 aromatic carbocycles. The first kappa shape index (κ1) is 13.6. The van der Waals surface area contributed by atoms with Gasteiger partial charge in [0.2, 0.25) is 0 Å². The van der Waals surface area contributed by atoms with Crippen molar-refractivity contribution in [2.24, 2.45) is 0 Å². The van der Waals surface area contributed by atoms with Gasteiger partial charge in [-0.15, -0.1) is 23.5 Å². The van der Waals surface area contributed by atoms with E-state index in [4.69, 9.17) is 11.5 Å². The highest BCUT2D eigenvalue weighted by Crippen LogP contribution is 2.41. The van der Waals surface area contributed by atoms with Crippen molar-refractivity contribution >= 4 is 34.9 Å². The minimum atomic E-state index is 0.484. The Balaban J connectivity index is 3.40. The lowest BCUT2D eigenvalue weighted by Gasteiger charge is -2.19. The Kier molecular flexibility index (Phi) is 4.87. The molecule has 0 radical (unpaired) electrons. The average Bonchev–Trinajstić information content (AvgIpc) is 2.29. The van der Waals surface area contributed by atoms with Crippen molar-refractivity contribution in [2.75, 3.05) is 24.0 Å². The van der Waals surface area contributed by atoms with Gasteiger partial charge in [-0.05, 0) is 36.5 Å². The van der Waals surface area contributed by atoms with Crippen LogP contribution in [0.25, 0.3) is 0 Å². The Hall–Kier alpha value is -0.480. The van der Waals surface area contributed by atoms with Crippen LogP contribution in [0.15, 0.2) is 15.9 Å². The predicted octanol–water partition coefficient (Wildman–Crippen LogP) is 3.81. The molecule has 90 valence electrons. The summed E-state index contributed by atoms with van der Waals surface area (Å²) in [6, 6.07) is 2.14. The Morgan fingerprint density at radius 3 is 2.25 bits per heavy atom. The minimum absolute atomic E-state index is 0.484. The molecule has 0 aliphatic heterocycles. The van der Waals surface area contributed by atoms with Gasteiger partial charge in [0.1, 0.15) is 0 Å². The van der Waals surface area contributed by atoms with Crippen molar-refractivity contribution < 1.29 is 0 Å². The Morgan fingerprint density at radius 2 is 1.81 bits per heavy atom. The molecular formula is C12H20N2S2. The summed E-state index contributed by atoms with van der Waals surface area (Å²) in [4.78, 5) is 2.16. The molecule has 4 heteroatoms. The molecule has 0 saturated carbocycles. The molecule has 0 aromatic heterocycles. The molecule has 0 bridgehead atoms. The lowest BCUT2D eigenvalue weighted by atomic mass is 9.96. The zero-order valence-corrected chi connectivity index (χ0v) is 12.0. The Labute approximate surface area is 107 Å². The van der Waals surface area contributed by atoms with Crippen LogP contribution in [0.4, 0.5) is 11.4 Å². The third kappa shape index (κ3) is 2.43. The first-order chi connectivity index (χ1) is 7.56. The molecule has 0 amide bonds. The van der Waals surface area contributed by atoms with E-state index in [1.54, 1.807) is 23.5 Å². The third-order valence-corrected chi connectivity index (χ3v) is 4.55. The number of nitrogens with two attached hydrogens (primary N) is 2. The smallest absolute Gasteiger partial charge is 0.0611 e. The molecule has 1 rings (SSSR count). The minimum Gasteiger partial charge on any atom is -0.398 e. The summed E-state index contributed by atoms with van der Waals surface area (Å²) in [5, 5.41) is 0. The molecule has 16 heavy (non-hydrogen) atoms. The van der Waals surface area contributed by atoms with Gasteiger partial charge in [-0.3, -0.25) is 0 Å². The number of benzene rings is 1. The van der Waals surface area contributed by atoms with Gasteiger partial charge < -0.3 is 11.5 Å². The average molecular weight is 256 g/mol. The Morgan fingerprint density at radius 1 is 1.19 bits per heavy atom. The molecule has 0 fully saturated rings. The summed E-state index contributed by atoms with van der Waals surface area (Å²) >= 11 is 3.31. The molecule has 0 heterocycles. The number of nitrogen functional groups attached to an aromatic ring is 2. The second-order valence-corrected chi connectivity index (χ2v) is 5.50. The summed E-state index contributed by atoms with van der Waals surface area (Å²) in [5.74, 6) is 0.484. The van der Waals surface area contributed by atoms with E-state index in [2.05, 4.69) is 19.9 Å². The van der Waals surface area contributed by atoms with Gasteiger partial charge in [-0.2, -0.15) is 0 Å². The highest BCUT2D eigenvalue weighted by molar-refractivity contribution is 7.99. The third-order valence-electron chi connectivity index (χ3n) is 2.92. The van der Waals surface area contributed by atoms with E-state index in [-0.39, 0.29) is 0 Å². The van der Waals surface area contributed by atoms with Crippen LogP contribution in [0.5, 0.6) is 0 Å². The van der Waals surface area contributed by atoms with Gasteiger partial charge in [0, 0.05) is 4.90 Å². The lowest BCUT2D eigenvalue weighted by molar-refractivity contribution is 0.732. The highest BCUT2D eigenvalue weighted by atomic mass is 32.2. The summed E-state index contributed by atoms with van der Waals surface area (Å²) in [7, 11) is 0. The molecule has 0 spiro atoms. The molecule has 2 nitrogen and oxygen atoms in total. The fourth-order valence-corrected chi connectivity index (χ4v) is 3.00. The van der Waals surface area contributed by atoms with E-state index < -0.39 is 0 Å². The number of thioether (sulfide) groups is 2. The monoisotopic (exact) mass is 256 g/mol. The van der Waals surface area contributed by atoms with Crippen LogP contribution in [0.2, 0.25) is 0 Å². The van der Waals surface area contributed by atoms with Crippen molar-refractivity contribution in [1.82, 2.24) is 0 Å². The van der Waals surface area contributed by atoms with Crippen LogP contribution >= 0.6 is 23.5 Å². The van der Waals surface area contributed by atoms with Gasteiger partial charge in [-0.25, -0.2) is 0 Å². The van der Waals surface area contributed by atoms with Gasteiger partial charge in [0.25, 0.3) is 0 Å². The van der Waals surface area contributed by atoms with Crippen molar-refractivity contribution in [3.05, 3.63) is 11.6 Å². The summed E-state index contributed by atoms with van der Waals surface area (Å²) in [5.41, 5.74) is 15.2. The molecule has 1 unspecified atom stereocenters. The fourth-order valence-electron chi connectivity index (χ4n) is 1.70. The predicted molar refractivity (Wildman–Crippen MR) is 77.5 cm³/mol. The van der Waals surface area contributed by atoms with E-state index in [0.717, 1.165) is 27.6 Å². The van der Waals surface area contributed by atoms with E-state index in [0.29, 0.717) is 5.92 Å². The van der Waals surface area contributed by atoms with Crippen LogP contribution in [0.1, 0.15) is 31.7 Å². The molecule has 0 aliphatic rings. The second kappa shape index (κ2) is 5.73. The standard InChI is InChI=1S/C12H20N2S2/c1-5-7(2)8-6-9(15-3)11(14)12(16-4)10(8)13/h6-7H,5,13-14H2,1-4H3. The maximum Gasteiger partial charge on any atom is 0.0611 e. The van der Waals surface area contributed by atoms with Gasteiger partial charge in [0.15, 0.2) is 0 Å². The molecule has 0 saturated heterocycles. The van der Waals surface area contributed by atoms with E-state index >= 15 is 0 Å². The van der Waals surface area contributed by atoms with Gasteiger partial charge in [0.05, 0.1) is 16.3 Å². The van der Waals surface area contributed by atoms with Crippen LogP contribution in [0.3, 0.4) is 0 Å². The molecule has 0 aliphatic carbocycles. The molecule has 1 aromatic rings. The number of rotatable bonds is 4. The highest BCUT2D eigenvalue weighted by Gasteiger charge is 2.16. The zero-order chi connectivity index (χ0) is 12.3. The van der Waals surface area contributed by atoms with Gasteiger partial charge >= 0.3 is 0 Å². The molecular weight excluding hydrogens is 236 g/mol. The number of hydrogen-bond acceptors (Lipinski definition) is 4. The maximum atomic E-state index is 6.18. The summed E-state index contributed by atoms with van der Waals surface area (Å²) in [6.45, 7) is 4.38.